The van der Waals surface area contributed by atoms with E-state index in [-0.39, 0.29) is 18.9 Å². The van der Waals surface area contributed by atoms with Gasteiger partial charge in [-0.1, -0.05) is 0 Å². The van der Waals surface area contributed by atoms with Crippen molar-refractivity contribution in [2.45, 2.75) is 20.0 Å². The van der Waals surface area contributed by atoms with E-state index in [0.29, 0.717) is 0 Å². The molecular weight excluding hydrogens is 132 g/mol. The van der Waals surface area contributed by atoms with Gasteiger partial charge < -0.3 is 15.4 Å². The minimum Gasteiger partial charge on any atom is -0.359 e. The summed E-state index contributed by atoms with van der Waals surface area (Å²) in [5.41, 5.74) is 0. The minimum absolute atomic E-state index is 0.150. The van der Waals surface area contributed by atoms with Crippen LogP contribution in [0.4, 0.5) is 4.79 Å². The summed E-state index contributed by atoms with van der Waals surface area (Å²) in [6.45, 7) is 4.08. The quantitative estimate of drug-likeness (QED) is 0.562. The van der Waals surface area contributed by atoms with E-state index < -0.39 is 0 Å². The fraction of sp³-hybridized carbons (Fsp3) is 0.833. The number of carbonyl (C=O) groups is 1. The molecule has 0 aromatic rings. The Hall–Kier alpha value is -0.770. The Bertz CT molecular complexity index is 104. The van der Waals surface area contributed by atoms with Crippen molar-refractivity contribution in [2.75, 3.05) is 13.8 Å². The number of hydrogen-bond acceptors (Lipinski definition) is 2. The SMILES string of the molecule is CNC(=O)NCOC(C)C. The van der Waals surface area contributed by atoms with Crippen LogP contribution in [0.5, 0.6) is 0 Å². The number of hydrogen-bond donors (Lipinski definition) is 2. The van der Waals surface area contributed by atoms with Crippen molar-refractivity contribution < 1.29 is 9.53 Å². The second-order valence-corrected chi connectivity index (χ2v) is 2.12. The van der Waals surface area contributed by atoms with Crippen molar-refractivity contribution in [2.24, 2.45) is 0 Å². The van der Waals surface area contributed by atoms with Crippen molar-refractivity contribution in [1.29, 1.82) is 0 Å². The third-order valence-electron chi connectivity index (χ3n) is 0.876. The number of carbonyl (C=O) groups excluding carboxylic acids is 1. The van der Waals surface area contributed by atoms with Crippen LogP contribution in [0, 0.1) is 0 Å². The number of urea groups is 1. The number of amides is 2. The van der Waals surface area contributed by atoms with Crippen molar-refractivity contribution in [3.8, 4) is 0 Å². The van der Waals surface area contributed by atoms with E-state index in [1.807, 2.05) is 13.8 Å². The van der Waals surface area contributed by atoms with Crippen LogP contribution < -0.4 is 10.6 Å². The maximum Gasteiger partial charge on any atom is 0.316 e. The average molecular weight is 146 g/mol. The van der Waals surface area contributed by atoms with Gasteiger partial charge in [0.15, 0.2) is 0 Å². The zero-order valence-corrected chi connectivity index (χ0v) is 6.60. The molecular formula is C6H14N2O2. The fourth-order valence-corrected chi connectivity index (χ4v) is 0.362. The van der Waals surface area contributed by atoms with E-state index in [2.05, 4.69) is 10.6 Å². The fourth-order valence-electron chi connectivity index (χ4n) is 0.362. The molecule has 0 saturated heterocycles. The van der Waals surface area contributed by atoms with Gasteiger partial charge in [-0.25, -0.2) is 4.79 Å². The van der Waals surface area contributed by atoms with Crippen molar-refractivity contribution in [3.63, 3.8) is 0 Å². The molecule has 0 aliphatic carbocycles. The van der Waals surface area contributed by atoms with E-state index >= 15 is 0 Å². The maximum absolute atomic E-state index is 10.5. The number of ether oxygens (including phenoxy) is 1. The Balaban J connectivity index is 3.12. The average Bonchev–Trinajstić information content (AvgIpc) is 1.87. The third-order valence-corrected chi connectivity index (χ3v) is 0.876. The Morgan fingerprint density at radius 2 is 2.20 bits per heavy atom. The molecule has 0 spiro atoms. The van der Waals surface area contributed by atoms with Crippen LogP contribution in [-0.2, 0) is 4.74 Å². The van der Waals surface area contributed by atoms with Gasteiger partial charge in [0, 0.05) is 7.05 Å². The summed E-state index contributed by atoms with van der Waals surface area (Å²) in [5.74, 6) is 0. The van der Waals surface area contributed by atoms with Gasteiger partial charge >= 0.3 is 6.03 Å². The van der Waals surface area contributed by atoms with Crippen LogP contribution in [-0.4, -0.2) is 25.9 Å². The van der Waals surface area contributed by atoms with Crippen LogP contribution >= 0.6 is 0 Å². The lowest BCUT2D eigenvalue weighted by atomic mass is 10.5. The molecule has 0 fully saturated rings. The monoisotopic (exact) mass is 146 g/mol. The van der Waals surface area contributed by atoms with Crippen LogP contribution in [0.1, 0.15) is 13.8 Å². The number of nitrogens with one attached hydrogen (secondary N) is 2. The minimum atomic E-state index is -0.222. The van der Waals surface area contributed by atoms with Gasteiger partial charge in [0.05, 0.1) is 6.10 Å². The lowest BCUT2D eigenvalue weighted by Crippen LogP contribution is -2.35. The summed E-state index contributed by atoms with van der Waals surface area (Å²) >= 11 is 0. The Morgan fingerprint density at radius 3 is 2.60 bits per heavy atom. The Kier molecular flexibility index (Phi) is 4.66. The van der Waals surface area contributed by atoms with Crippen LogP contribution in [0.15, 0.2) is 0 Å². The van der Waals surface area contributed by atoms with E-state index in [0.717, 1.165) is 0 Å². The van der Waals surface area contributed by atoms with E-state index in [1.54, 1.807) is 7.05 Å². The van der Waals surface area contributed by atoms with Crippen molar-refractivity contribution in [3.05, 3.63) is 0 Å². The maximum atomic E-state index is 10.5. The zero-order valence-electron chi connectivity index (χ0n) is 6.60. The first-order valence-electron chi connectivity index (χ1n) is 3.24. The van der Waals surface area contributed by atoms with Gasteiger partial charge in [-0.05, 0) is 13.8 Å². The topological polar surface area (TPSA) is 50.4 Å². The molecule has 4 nitrogen and oxygen atoms in total. The molecule has 0 heterocycles. The molecule has 0 radical (unpaired) electrons. The molecule has 60 valence electrons. The van der Waals surface area contributed by atoms with Crippen molar-refractivity contribution >= 4 is 6.03 Å². The molecule has 0 rings (SSSR count). The molecule has 0 aromatic carbocycles. The lowest BCUT2D eigenvalue weighted by Gasteiger charge is -2.07. The Morgan fingerprint density at radius 1 is 1.60 bits per heavy atom. The largest absolute Gasteiger partial charge is 0.359 e. The first-order chi connectivity index (χ1) is 4.66. The van der Waals surface area contributed by atoms with Gasteiger partial charge in [-0.3, -0.25) is 0 Å². The van der Waals surface area contributed by atoms with Gasteiger partial charge in [0.2, 0.25) is 0 Å². The molecule has 0 bridgehead atoms. The van der Waals surface area contributed by atoms with Crippen LogP contribution in [0.25, 0.3) is 0 Å². The lowest BCUT2D eigenvalue weighted by molar-refractivity contribution is 0.0695. The zero-order chi connectivity index (χ0) is 7.98. The molecule has 0 saturated carbocycles. The molecule has 0 aliphatic rings. The summed E-state index contributed by atoms with van der Waals surface area (Å²) in [4.78, 5) is 10.5. The highest BCUT2D eigenvalue weighted by Crippen LogP contribution is 1.83. The smallest absolute Gasteiger partial charge is 0.316 e. The summed E-state index contributed by atoms with van der Waals surface area (Å²) in [7, 11) is 1.56. The standard InChI is InChI=1S/C6H14N2O2/c1-5(2)10-4-8-6(9)7-3/h5H,4H2,1-3H3,(H2,7,8,9). The highest BCUT2D eigenvalue weighted by atomic mass is 16.5. The highest BCUT2D eigenvalue weighted by molar-refractivity contribution is 5.73. The van der Waals surface area contributed by atoms with Gasteiger partial charge in [-0.15, -0.1) is 0 Å². The summed E-state index contributed by atoms with van der Waals surface area (Å²) in [5, 5.41) is 4.90. The third kappa shape index (κ3) is 5.37. The highest BCUT2D eigenvalue weighted by Gasteiger charge is 1.95. The van der Waals surface area contributed by atoms with E-state index in [9.17, 15) is 4.79 Å². The summed E-state index contributed by atoms with van der Waals surface area (Å²) in [6, 6.07) is -0.222. The normalized spacial score (nSPS) is 9.60. The molecule has 0 atom stereocenters. The Labute approximate surface area is 60.9 Å². The summed E-state index contributed by atoms with van der Waals surface area (Å²) < 4.78 is 5.04. The molecule has 2 amide bonds. The first kappa shape index (κ1) is 9.23. The molecule has 0 aromatic heterocycles. The summed E-state index contributed by atoms with van der Waals surface area (Å²) in [6.07, 6.45) is 0.150. The van der Waals surface area contributed by atoms with Crippen LogP contribution in [0.2, 0.25) is 0 Å². The van der Waals surface area contributed by atoms with E-state index in [1.165, 1.54) is 0 Å². The molecule has 0 unspecified atom stereocenters. The molecule has 2 N–H and O–H groups in total. The van der Waals surface area contributed by atoms with Gasteiger partial charge in [0.1, 0.15) is 6.73 Å². The predicted octanol–water partition coefficient (Wildman–Crippen LogP) is 0.298. The van der Waals surface area contributed by atoms with Crippen LogP contribution in [0.3, 0.4) is 0 Å². The second-order valence-electron chi connectivity index (χ2n) is 2.12. The molecule has 10 heavy (non-hydrogen) atoms. The van der Waals surface area contributed by atoms with Crippen molar-refractivity contribution in [1.82, 2.24) is 10.6 Å². The molecule has 4 heteroatoms. The van der Waals surface area contributed by atoms with E-state index in [4.69, 9.17) is 4.74 Å². The van der Waals surface area contributed by atoms with Gasteiger partial charge in [0.25, 0.3) is 0 Å². The van der Waals surface area contributed by atoms with Gasteiger partial charge in [-0.2, -0.15) is 0 Å². The predicted molar refractivity (Wildman–Crippen MR) is 38.7 cm³/mol. The first-order valence-corrected chi connectivity index (χ1v) is 3.24. The molecule has 0 aliphatic heterocycles. The number of rotatable bonds is 3. The second kappa shape index (κ2) is 5.05.